The minimum atomic E-state index is -1.07. The highest BCUT2D eigenvalue weighted by atomic mass is 16.7. The number of carbonyl (C=O) groups is 2. The molecule has 1 aromatic carbocycles. The highest BCUT2D eigenvalue weighted by Gasteiger charge is 2.26. The summed E-state index contributed by atoms with van der Waals surface area (Å²) in [5.41, 5.74) is -0.432. The molecule has 0 heterocycles. The van der Waals surface area contributed by atoms with Gasteiger partial charge in [0.1, 0.15) is 5.60 Å². The fraction of sp³-hybridized carbons (Fsp3) is 0.375. The lowest BCUT2D eigenvalue weighted by molar-refractivity contribution is -0.384. The molecular weight excluding hydrogens is 302 g/mol. The van der Waals surface area contributed by atoms with Crippen LogP contribution in [0.25, 0.3) is 0 Å². The zero-order valence-corrected chi connectivity index (χ0v) is 13.5. The maximum absolute atomic E-state index is 11.8. The van der Waals surface area contributed by atoms with Gasteiger partial charge in [-0.3, -0.25) is 14.9 Å². The molecule has 7 nitrogen and oxygen atoms in total. The van der Waals surface area contributed by atoms with E-state index in [0.717, 1.165) is 0 Å². The van der Waals surface area contributed by atoms with Crippen molar-refractivity contribution < 1.29 is 24.0 Å². The second kappa shape index (κ2) is 7.04. The second-order valence-corrected chi connectivity index (χ2v) is 5.89. The molecule has 0 aliphatic rings. The van der Waals surface area contributed by atoms with Gasteiger partial charge in [0.2, 0.25) is 0 Å². The lowest BCUT2D eigenvalue weighted by atomic mass is 10.00. The summed E-state index contributed by atoms with van der Waals surface area (Å²) >= 11 is 0. The Morgan fingerprint density at radius 1 is 1.22 bits per heavy atom. The standard InChI is InChI=1S/C16H19NO6/c1-10(11(2)18)14(22-15(19)23-16(3,4)5)12-6-8-13(9-7-12)17(20)21/h6-9,14H,1H2,2-5H3. The van der Waals surface area contributed by atoms with E-state index < -0.39 is 22.8 Å². The molecule has 0 saturated heterocycles. The van der Waals surface area contributed by atoms with Crippen molar-refractivity contribution in [1.29, 1.82) is 0 Å². The number of benzene rings is 1. The molecule has 0 bridgehead atoms. The number of ketones is 1. The van der Waals surface area contributed by atoms with E-state index in [1.54, 1.807) is 20.8 Å². The Kier molecular flexibility index (Phi) is 5.62. The summed E-state index contributed by atoms with van der Waals surface area (Å²) in [4.78, 5) is 33.5. The topological polar surface area (TPSA) is 95.7 Å². The van der Waals surface area contributed by atoms with Crippen LogP contribution in [0.4, 0.5) is 10.5 Å². The van der Waals surface area contributed by atoms with Crippen molar-refractivity contribution in [3.05, 3.63) is 52.1 Å². The summed E-state index contributed by atoms with van der Waals surface area (Å²) < 4.78 is 10.2. The van der Waals surface area contributed by atoms with Crippen LogP contribution in [0.3, 0.4) is 0 Å². The molecule has 0 N–H and O–H groups in total. The van der Waals surface area contributed by atoms with Gasteiger partial charge in [0, 0.05) is 17.7 Å². The van der Waals surface area contributed by atoms with E-state index in [9.17, 15) is 19.7 Å². The number of rotatable bonds is 5. The third kappa shape index (κ3) is 5.54. The SMILES string of the molecule is C=C(C(C)=O)C(OC(=O)OC(C)(C)C)c1ccc([N+](=O)[O-])cc1. The lowest BCUT2D eigenvalue weighted by Gasteiger charge is -2.23. The molecule has 124 valence electrons. The normalized spacial score (nSPS) is 12.2. The second-order valence-electron chi connectivity index (χ2n) is 5.89. The summed E-state index contributed by atoms with van der Waals surface area (Å²) in [6, 6.07) is 5.32. The Hall–Kier alpha value is -2.70. The van der Waals surface area contributed by atoms with Gasteiger partial charge >= 0.3 is 6.16 Å². The fourth-order valence-electron chi connectivity index (χ4n) is 1.67. The lowest BCUT2D eigenvalue weighted by Crippen LogP contribution is -2.26. The Morgan fingerprint density at radius 2 is 1.74 bits per heavy atom. The number of hydrogen-bond donors (Lipinski definition) is 0. The maximum atomic E-state index is 11.8. The average molecular weight is 321 g/mol. The van der Waals surface area contributed by atoms with Crippen LogP contribution in [0.1, 0.15) is 39.4 Å². The van der Waals surface area contributed by atoms with Gasteiger partial charge in [-0.15, -0.1) is 0 Å². The van der Waals surface area contributed by atoms with Crippen molar-refractivity contribution in [2.75, 3.05) is 0 Å². The van der Waals surface area contributed by atoms with Crippen molar-refractivity contribution in [2.24, 2.45) is 0 Å². The van der Waals surface area contributed by atoms with E-state index in [0.29, 0.717) is 5.56 Å². The Bertz CT molecular complexity index is 627. The summed E-state index contributed by atoms with van der Waals surface area (Å²) in [6.45, 7) is 9.94. The van der Waals surface area contributed by atoms with Crippen molar-refractivity contribution in [1.82, 2.24) is 0 Å². The number of ether oxygens (including phenoxy) is 2. The first-order valence-electron chi connectivity index (χ1n) is 6.85. The Labute approximate surface area is 134 Å². The molecule has 0 aromatic heterocycles. The molecule has 0 aliphatic heterocycles. The average Bonchev–Trinajstić information content (AvgIpc) is 2.42. The molecule has 7 heteroatoms. The van der Waals surface area contributed by atoms with Crippen LogP contribution < -0.4 is 0 Å². The van der Waals surface area contributed by atoms with Crippen LogP contribution in [0, 0.1) is 10.1 Å². The van der Waals surface area contributed by atoms with Crippen LogP contribution in [0.5, 0.6) is 0 Å². The quantitative estimate of drug-likeness (QED) is 0.355. The van der Waals surface area contributed by atoms with Gasteiger partial charge in [-0.1, -0.05) is 6.58 Å². The Balaban J connectivity index is 3.06. The third-order valence-corrected chi connectivity index (χ3v) is 2.78. The molecule has 0 fully saturated rings. The highest BCUT2D eigenvalue weighted by molar-refractivity contribution is 5.94. The molecule has 0 spiro atoms. The molecule has 0 aliphatic carbocycles. The largest absolute Gasteiger partial charge is 0.509 e. The molecule has 23 heavy (non-hydrogen) atoms. The van der Waals surface area contributed by atoms with Gasteiger partial charge in [0.25, 0.3) is 5.69 Å². The first-order chi connectivity index (χ1) is 10.5. The zero-order valence-electron chi connectivity index (χ0n) is 13.5. The number of carbonyl (C=O) groups excluding carboxylic acids is 2. The molecule has 1 unspecified atom stereocenters. The van der Waals surface area contributed by atoms with E-state index in [1.165, 1.54) is 31.2 Å². The van der Waals surface area contributed by atoms with Crippen LogP contribution in [0.15, 0.2) is 36.4 Å². The minimum absolute atomic E-state index is 0.0460. The van der Waals surface area contributed by atoms with Crippen molar-refractivity contribution >= 4 is 17.6 Å². The summed E-state index contributed by atoms with van der Waals surface area (Å²) in [6.07, 6.45) is -2.02. The molecule has 1 aromatic rings. The predicted molar refractivity (Wildman–Crippen MR) is 83.0 cm³/mol. The first kappa shape index (κ1) is 18.3. The number of nitro benzene ring substituents is 1. The van der Waals surface area contributed by atoms with Gasteiger partial charge in [-0.2, -0.15) is 0 Å². The molecule has 0 amide bonds. The van der Waals surface area contributed by atoms with Crippen molar-refractivity contribution in [2.45, 2.75) is 39.4 Å². The van der Waals surface area contributed by atoms with E-state index in [-0.39, 0.29) is 17.0 Å². The number of non-ortho nitro benzene ring substituents is 1. The summed E-state index contributed by atoms with van der Waals surface area (Å²) in [7, 11) is 0. The van der Waals surface area contributed by atoms with E-state index >= 15 is 0 Å². The zero-order chi connectivity index (χ0) is 17.8. The van der Waals surface area contributed by atoms with Crippen LogP contribution >= 0.6 is 0 Å². The van der Waals surface area contributed by atoms with Gasteiger partial charge in [0.05, 0.1) is 4.92 Å². The highest BCUT2D eigenvalue weighted by Crippen LogP contribution is 2.28. The van der Waals surface area contributed by atoms with Crippen LogP contribution in [-0.4, -0.2) is 22.5 Å². The van der Waals surface area contributed by atoms with Crippen LogP contribution in [0.2, 0.25) is 0 Å². The Morgan fingerprint density at radius 3 is 2.13 bits per heavy atom. The molecular formula is C16H19NO6. The van der Waals surface area contributed by atoms with Crippen molar-refractivity contribution in [3.63, 3.8) is 0 Å². The molecule has 0 radical (unpaired) electrons. The van der Waals surface area contributed by atoms with Gasteiger partial charge in [0.15, 0.2) is 11.9 Å². The van der Waals surface area contributed by atoms with Crippen molar-refractivity contribution in [3.8, 4) is 0 Å². The summed E-state index contributed by atoms with van der Waals surface area (Å²) in [5.74, 6) is -0.364. The third-order valence-electron chi connectivity index (χ3n) is 2.78. The predicted octanol–water partition coefficient (Wildman–Crippen LogP) is 3.73. The maximum Gasteiger partial charge on any atom is 0.509 e. The molecule has 1 atom stereocenters. The van der Waals surface area contributed by atoms with Gasteiger partial charge in [-0.25, -0.2) is 4.79 Å². The number of Topliss-reactive ketones (excluding diaryl/α,β-unsaturated/α-hetero) is 1. The van der Waals surface area contributed by atoms with E-state index in [2.05, 4.69) is 6.58 Å². The van der Waals surface area contributed by atoms with E-state index in [1.807, 2.05) is 0 Å². The monoisotopic (exact) mass is 321 g/mol. The van der Waals surface area contributed by atoms with Gasteiger partial charge < -0.3 is 9.47 Å². The smallest absolute Gasteiger partial charge is 0.429 e. The minimum Gasteiger partial charge on any atom is -0.429 e. The molecule has 0 saturated carbocycles. The van der Waals surface area contributed by atoms with Gasteiger partial charge in [-0.05, 0) is 45.4 Å². The number of nitrogens with zero attached hydrogens (tertiary/aromatic N) is 1. The summed E-state index contributed by atoms with van der Waals surface area (Å²) in [5, 5.41) is 10.7. The van der Waals surface area contributed by atoms with Crippen LogP contribution in [-0.2, 0) is 14.3 Å². The first-order valence-corrected chi connectivity index (χ1v) is 6.85. The molecule has 1 rings (SSSR count). The van der Waals surface area contributed by atoms with E-state index in [4.69, 9.17) is 9.47 Å². The number of hydrogen-bond acceptors (Lipinski definition) is 6. The number of nitro groups is 1. The fourth-order valence-corrected chi connectivity index (χ4v) is 1.67.